The molecule has 0 aliphatic rings. The average molecular weight is 712 g/mol. The molecule has 11 heteroatoms. The highest BCUT2D eigenvalue weighted by Crippen LogP contribution is 2.28. The van der Waals surface area contributed by atoms with E-state index in [1.165, 1.54) is 18.2 Å². The van der Waals surface area contributed by atoms with Crippen molar-refractivity contribution in [2.45, 2.75) is 51.4 Å². The van der Waals surface area contributed by atoms with Crippen LogP contribution in [-0.2, 0) is 19.1 Å². The molecule has 0 aliphatic heterocycles. The Morgan fingerprint density at radius 3 is 1.46 bits per heavy atom. The lowest BCUT2D eigenvalue weighted by atomic mass is 10.1. The fraction of sp³-hybridized carbons (Fsp3) is 0.293. The van der Waals surface area contributed by atoms with Crippen molar-refractivity contribution in [1.82, 2.24) is 0 Å². The van der Waals surface area contributed by atoms with E-state index in [2.05, 4.69) is 13.2 Å². The number of esters is 4. The van der Waals surface area contributed by atoms with Gasteiger partial charge in [-0.05, 0) is 130 Å². The quantitative estimate of drug-likeness (QED) is 0.0318. The third kappa shape index (κ3) is 15.3. The smallest absolute Gasteiger partial charge is 0.343 e. The number of unbranched alkanes of at least 4 members (excludes halogenated alkanes) is 6. The molecule has 0 spiro atoms. The van der Waals surface area contributed by atoms with Crippen molar-refractivity contribution >= 4 is 36.2 Å². The third-order valence-corrected chi connectivity index (χ3v) is 7.38. The number of ether oxygens (including phenoxy) is 6. The molecular weight excluding hydrogens is 666 g/mol. The molecule has 0 saturated carbocycles. The Kier molecular flexibility index (Phi) is 18.2. The maximum Gasteiger partial charge on any atom is 0.343 e. The van der Waals surface area contributed by atoms with Gasteiger partial charge in [-0.25, -0.2) is 19.2 Å². The molecule has 0 amide bonds. The van der Waals surface area contributed by atoms with Crippen LogP contribution < -0.4 is 18.9 Å². The summed E-state index contributed by atoms with van der Waals surface area (Å²) in [5.41, 5.74) is 1.07. The number of carbonyl (C=O) groups excluding carboxylic acids is 4. The zero-order chi connectivity index (χ0) is 37.4. The van der Waals surface area contributed by atoms with Gasteiger partial charge in [-0.1, -0.05) is 13.2 Å². The summed E-state index contributed by atoms with van der Waals surface area (Å²) < 4.78 is 32.7. The summed E-state index contributed by atoms with van der Waals surface area (Å²) in [6.45, 7) is 8.50. The Morgan fingerprint density at radius 1 is 0.558 bits per heavy atom. The van der Waals surface area contributed by atoms with Crippen molar-refractivity contribution in [3.63, 3.8) is 0 Å². The van der Waals surface area contributed by atoms with E-state index >= 15 is 0 Å². The molecule has 1 N–H and O–H groups in total. The van der Waals surface area contributed by atoms with Crippen LogP contribution in [-0.4, -0.2) is 56.5 Å². The van der Waals surface area contributed by atoms with Gasteiger partial charge >= 0.3 is 23.9 Å². The van der Waals surface area contributed by atoms with Gasteiger partial charge in [-0.3, -0.25) is 0 Å². The van der Waals surface area contributed by atoms with Crippen LogP contribution in [0.1, 0.15) is 77.6 Å². The van der Waals surface area contributed by atoms with Gasteiger partial charge in [0.1, 0.15) is 23.0 Å². The molecule has 0 heterocycles. The maximum atomic E-state index is 13.0. The second-order valence-electron chi connectivity index (χ2n) is 11.3. The predicted molar refractivity (Wildman–Crippen MR) is 197 cm³/mol. The van der Waals surface area contributed by atoms with Gasteiger partial charge in [0.25, 0.3) is 0 Å². The number of allylic oxidation sites excluding steroid dienone is 1. The fourth-order valence-electron chi connectivity index (χ4n) is 4.62. The summed E-state index contributed by atoms with van der Waals surface area (Å²) >= 11 is 0. The Hall–Kier alpha value is -5.97. The molecule has 3 aromatic carbocycles. The number of benzene rings is 3. The second-order valence-corrected chi connectivity index (χ2v) is 11.3. The van der Waals surface area contributed by atoms with Crippen LogP contribution in [0, 0.1) is 5.41 Å². The Bertz CT molecular complexity index is 1660. The highest BCUT2D eigenvalue weighted by molar-refractivity contribution is 5.93. The van der Waals surface area contributed by atoms with Gasteiger partial charge in [0.2, 0.25) is 0 Å². The van der Waals surface area contributed by atoms with Crippen LogP contribution >= 0.6 is 0 Å². The van der Waals surface area contributed by atoms with E-state index in [4.69, 9.17) is 33.8 Å². The van der Waals surface area contributed by atoms with Gasteiger partial charge in [0, 0.05) is 23.9 Å². The third-order valence-electron chi connectivity index (χ3n) is 7.38. The van der Waals surface area contributed by atoms with E-state index in [0.29, 0.717) is 54.6 Å². The highest BCUT2D eigenvalue weighted by Gasteiger charge is 2.15. The summed E-state index contributed by atoms with van der Waals surface area (Å²) in [5.74, 6) is -0.308. The molecule has 0 aromatic heterocycles. The molecule has 0 unspecified atom stereocenters. The molecule has 0 fully saturated rings. The van der Waals surface area contributed by atoms with Crippen LogP contribution in [0.2, 0.25) is 0 Å². The van der Waals surface area contributed by atoms with Gasteiger partial charge < -0.3 is 33.8 Å². The van der Waals surface area contributed by atoms with Crippen LogP contribution in [0.15, 0.2) is 98.1 Å². The zero-order valence-electron chi connectivity index (χ0n) is 29.2. The van der Waals surface area contributed by atoms with E-state index in [9.17, 15) is 19.2 Å². The van der Waals surface area contributed by atoms with Crippen molar-refractivity contribution in [3.8, 4) is 23.0 Å². The summed E-state index contributed by atoms with van der Waals surface area (Å²) in [6.07, 6.45) is 13.3. The Labute approximate surface area is 304 Å². The largest absolute Gasteiger partial charge is 0.494 e. The fourth-order valence-corrected chi connectivity index (χ4v) is 4.62. The molecule has 0 bridgehead atoms. The minimum atomic E-state index is -0.591. The lowest BCUT2D eigenvalue weighted by molar-refractivity contribution is -0.138. The zero-order valence-corrected chi connectivity index (χ0v) is 29.2. The summed E-state index contributed by atoms with van der Waals surface area (Å²) in [6, 6.07) is 17.8. The SMILES string of the molecule is C=CC(=O)OCCCCCCOc1ccc(C(=O)Oc2ccc(OC(=O)c3ccc(OCCCCCCOC(=O)C=C)cc3)c(/C=C/C=N)c2)cc1. The van der Waals surface area contributed by atoms with Crippen LogP contribution in [0.4, 0.5) is 0 Å². The van der Waals surface area contributed by atoms with Crippen molar-refractivity contribution in [2.75, 3.05) is 26.4 Å². The summed E-state index contributed by atoms with van der Waals surface area (Å²) in [7, 11) is 0. The normalized spacial score (nSPS) is 10.5. The molecule has 3 aromatic rings. The maximum absolute atomic E-state index is 13.0. The Balaban J connectivity index is 1.45. The highest BCUT2D eigenvalue weighted by atomic mass is 16.5. The Morgan fingerprint density at radius 2 is 1.00 bits per heavy atom. The van der Waals surface area contributed by atoms with Crippen LogP contribution in [0.3, 0.4) is 0 Å². The minimum absolute atomic E-state index is 0.222. The topological polar surface area (TPSA) is 148 Å². The first-order chi connectivity index (χ1) is 25.3. The van der Waals surface area contributed by atoms with Crippen molar-refractivity contribution in [1.29, 1.82) is 5.41 Å². The lowest BCUT2D eigenvalue weighted by Gasteiger charge is -2.11. The van der Waals surface area contributed by atoms with Crippen molar-refractivity contribution < 1.29 is 47.6 Å². The number of carbonyl (C=O) groups is 4. The van der Waals surface area contributed by atoms with Gasteiger partial charge in [0.05, 0.1) is 37.6 Å². The molecule has 0 saturated heterocycles. The molecular formula is C41H45NO10. The van der Waals surface area contributed by atoms with Gasteiger partial charge in [-0.2, -0.15) is 0 Å². The number of hydrogen-bond donors (Lipinski definition) is 1. The molecule has 0 radical (unpaired) electrons. The van der Waals surface area contributed by atoms with Gasteiger partial charge in [0.15, 0.2) is 0 Å². The molecule has 0 aliphatic carbocycles. The van der Waals surface area contributed by atoms with E-state index in [1.54, 1.807) is 60.7 Å². The first-order valence-electron chi connectivity index (χ1n) is 17.1. The molecule has 0 atom stereocenters. The summed E-state index contributed by atoms with van der Waals surface area (Å²) in [5, 5.41) is 7.38. The molecule has 3 rings (SSSR count). The second kappa shape index (κ2) is 23.4. The molecule has 52 heavy (non-hydrogen) atoms. The van der Waals surface area contributed by atoms with Crippen molar-refractivity contribution in [2.24, 2.45) is 0 Å². The van der Waals surface area contributed by atoms with E-state index in [1.807, 2.05) is 0 Å². The van der Waals surface area contributed by atoms with E-state index < -0.39 is 23.9 Å². The predicted octanol–water partition coefficient (Wildman–Crippen LogP) is 8.12. The molecule has 11 nitrogen and oxygen atoms in total. The standard InChI is InChI=1S/C41H45NO10/c1-3-38(43)49-28-11-7-5-9-26-47-34-19-15-31(16-20-34)40(45)51-36-23-24-37(33(30-36)14-13-25-42)52-41(46)32-17-21-35(22-18-32)48-27-10-6-8-12-29-50-39(44)4-2/h3-4,13-25,30,42H,1-2,5-12,26-29H2/b14-13+,42-25?. The average Bonchev–Trinajstić information content (AvgIpc) is 3.16. The first kappa shape index (κ1) is 40.5. The number of nitrogens with one attached hydrogen (secondary N) is 1. The lowest BCUT2D eigenvalue weighted by Crippen LogP contribution is -2.11. The van der Waals surface area contributed by atoms with Crippen molar-refractivity contribution in [3.05, 3.63) is 115 Å². The van der Waals surface area contributed by atoms with Gasteiger partial charge in [-0.15, -0.1) is 0 Å². The molecule has 274 valence electrons. The minimum Gasteiger partial charge on any atom is -0.494 e. The van der Waals surface area contributed by atoms with Crippen LogP contribution in [0.5, 0.6) is 23.0 Å². The monoisotopic (exact) mass is 711 g/mol. The van der Waals surface area contributed by atoms with Crippen LogP contribution in [0.25, 0.3) is 6.08 Å². The van der Waals surface area contributed by atoms with E-state index in [-0.39, 0.29) is 11.5 Å². The number of rotatable bonds is 24. The number of hydrogen-bond acceptors (Lipinski definition) is 11. The van der Waals surface area contributed by atoms with E-state index in [0.717, 1.165) is 69.7 Å². The first-order valence-corrected chi connectivity index (χ1v) is 17.1. The summed E-state index contributed by atoms with van der Waals surface area (Å²) in [4.78, 5) is 47.9.